The number of benzene rings is 2. The van der Waals surface area contributed by atoms with E-state index >= 15 is 0 Å². The summed E-state index contributed by atoms with van der Waals surface area (Å²) in [7, 11) is 0. The van der Waals surface area contributed by atoms with Crippen LogP contribution in [0.1, 0.15) is 11.3 Å². The fraction of sp³-hybridized carbons (Fsp3) is 0.111. The zero-order valence-electron chi connectivity index (χ0n) is 12.2. The molecule has 0 amide bonds. The van der Waals surface area contributed by atoms with Gasteiger partial charge in [-0.05, 0) is 25.1 Å². The predicted molar refractivity (Wildman–Crippen MR) is 88.1 cm³/mol. The van der Waals surface area contributed by atoms with Crippen molar-refractivity contribution in [2.45, 2.75) is 13.3 Å². The topological polar surface area (TPSA) is 39.2 Å². The molecule has 0 radical (unpaired) electrons. The molecule has 3 rings (SSSR count). The highest BCUT2D eigenvalue weighted by atomic mass is 32.1. The van der Waals surface area contributed by atoms with E-state index in [1.54, 1.807) is 23.5 Å². The van der Waals surface area contributed by atoms with E-state index in [0.29, 0.717) is 5.75 Å². The van der Waals surface area contributed by atoms with Gasteiger partial charge in [-0.2, -0.15) is 0 Å². The highest BCUT2D eigenvalue weighted by molar-refractivity contribution is 7.13. The number of ether oxygens (including phenoxy) is 1. The third-order valence-electron chi connectivity index (χ3n) is 3.12. The average molecular weight is 309 g/mol. The lowest BCUT2D eigenvalue weighted by molar-refractivity contribution is -0.133. The van der Waals surface area contributed by atoms with Crippen LogP contribution in [0.3, 0.4) is 0 Å². The summed E-state index contributed by atoms with van der Waals surface area (Å²) in [5.74, 6) is 0.258. The van der Waals surface area contributed by atoms with Crippen LogP contribution < -0.4 is 4.74 Å². The molecule has 0 N–H and O–H groups in total. The molecule has 3 nitrogen and oxygen atoms in total. The van der Waals surface area contributed by atoms with Crippen LogP contribution in [0.2, 0.25) is 0 Å². The van der Waals surface area contributed by atoms with Gasteiger partial charge in [-0.25, -0.2) is 4.98 Å². The Morgan fingerprint density at radius 2 is 1.95 bits per heavy atom. The molecular weight excluding hydrogens is 294 g/mol. The molecule has 0 fully saturated rings. The minimum Gasteiger partial charge on any atom is -0.426 e. The average Bonchev–Trinajstić information content (AvgIpc) is 2.96. The number of aryl methyl sites for hydroxylation is 1. The maximum absolute atomic E-state index is 11.9. The molecule has 110 valence electrons. The van der Waals surface area contributed by atoms with Gasteiger partial charge in [0.25, 0.3) is 0 Å². The van der Waals surface area contributed by atoms with Crippen molar-refractivity contribution >= 4 is 17.3 Å². The van der Waals surface area contributed by atoms with Crippen LogP contribution in [0, 0.1) is 6.92 Å². The molecule has 0 spiro atoms. The standard InChI is InChI=1S/C18H15NO2S/c1-13-6-5-7-14(10-13)18-19-15(12-22-18)11-17(20)21-16-8-3-2-4-9-16/h2-10,12H,11H2,1H3. The molecule has 0 saturated heterocycles. The molecule has 1 heterocycles. The number of carbonyl (C=O) groups is 1. The Labute approximate surface area is 133 Å². The molecule has 0 aliphatic heterocycles. The van der Waals surface area contributed by atoms with Crippen molar-refractivity contribution in [2.75, 3.05) is 0 Å². The Bertz CT molecular complexity index is 781. The number of rotatable bonds is 4. The predicted octanol–water partition coefficient (Wildman–Crippen LogP) is 4.27. The fourth-order valence-corrected chi connectivity index (χ4v) is 2.92. The van der Waals surface area contributed by atoms with Crippen molar-refractivity contribution in [1.29, 1.82) is 0 Å². The normalized spacial score (nSPS) is 10.4. The third-order valence-corrected chi connectivity index (χ3v) is 4.06. The van der Waals surface area contributed by atoms with Gasteiger partial charge < -0.3 is 4.74 Å². The number of aromatic nitrogens is 1. The van der Waals surface area contributed by atoms with Crippen LogP contribution in [0.4, 0.5) is 0 Å². The third kappa shape index (κ3) is 3.59. The molecule has 0 saturated carbocycles. The van der Waals surface area contributed by atoms with Gasteiger partial charge >= 0.3 is 5.97 Å². The molecule has 0 bridgehead atoms. The summed E-state index contributed by atoms with van der Waals surface area (Å²) in [5, 5.41) is 2.83. The van der Waals surface area contributed by atoms with E-state index in [1.807, 2.05) is 35.7 Å². The monoisotopic (exact) mass is 309 g/mol. The summed E-state index contributed by atoms with van der Waals surface area (Å²) in [6, 6.07) is 17.2. The zero-order valence-corrected chi connectivity index (χ0v) is 13.0. The van der Waals surface area contributed by atoms with Gasteiger partial charge in [0.05, 0.1) is 12.1 Å². The Balaban J connectivity index is 1.68. The lowest BCUT2D eigenvalue weighted by atomic mass is 10.1. The van der Waals surface area contributed by atoms with E-state index in [-0.39, 0.29) is 12.4 Å². The van der Waals surface area contributed by atoms with Gasteiger partial charge in [0.1, 0.15) is 10.8 Å². The Morgan fingerprint density at radius 3 is 2.73 bits per heavy atom. The van der Waals surface area contributed by atoms with Crippen molar-refractivity contribution in [1.82, 2.24) is 4.98 Å². The van der Waals surface area contributed by atoms with Crippen LogP contribution in [-0.2, 0) is 11.2 Å². The van der Waals surface area contributed by atoms with Crippen LogP contribution >= 0.6 is 11.3 Å². The number of esters is 1. The Hall–Kier alpha value is -2.46. The minimum absolute atomic E-state index is 0.178. The summed E-state index contributed by atoms with van der Waals surface area (Å²) >= 11 is 1.54. The number of para-hydroxylation sites is 1. The van der Waals surface area contributed by atoms with E-state index < -0.39 is 0 Å². The van der Waals surface area contributed by atoms with Crippen LogP contribution in [0.25, 0.3) is 10.6 Å². The summed E-state index contributed by atoms with van der Waals surface area (Å²) < 4.78 is 5.28. The van der Waals surface area contributed by atoms with Crippen molar-refractivity contribution < 1.29 is 9.53 Å². The summed E-state index contributed by atoms with van der Waals surface area (Å²) in [5.41, 5.74) is 3.01. The lowest BCUT2D eigenvalue weighted by Crippen LogP contribution is -2.11. The molecule has 0 atom stereocenters. The SMILES string of the molecule is Cc1cccc(-c2nc(CC(=O)Oc3ccccc3)cs2)c1. The van der Waals surface area contributed by atoms with E-state index in [9.17, 15) is 4.79 Å². The van der Waals surface area contributed by atoms with E-state index in [4.69, 9.17) is 4.74 Å². The zero-order chi connectivity index (χ0) is 15.4. The number of carbonyl (C=O) groups excluding carboxylic acids is 1. The summed E-state index contributed by atoms with van der Waals surface area (Å²) in [6.45, 7) is 2.05. The quantitative estimate of drug-likeness (QED) is 0.534. The number of thiazole rings is 1. The highest BCUT2D eigenvalue weighted by Crippen LogP contribution is 2.24. The molecule has 4 heteroatoms. The second-order valence-electron chi connectivity index (χ2n) is 4.98. The molecule has 3 aromatic rings. The number of hydrogen-bond acceptors (Lipinski definition) is 4. The van der Waals surface area contributed by atoms with Crippen LogP contribution in [-0.4, -0.2) is 11.0 Å². The van der Waals surface area contributed by atoms with Crippen molar-refractivity contribution in [3.8, 4) is 16.3 Å². The van der Waals surface area contributed by atoms with E-state index in [1.165, 1.54) is 5.56 Å². The number of nitrogens with zero attached hydrogens (tertiary/aromatic N) is 1. The second kappa shape index (κ2) is 6.54. The highest BCUT2D eigenvalue weighted by Gasteiger charge is 2.11. The first-order valence-electron chi connectivity index (χ1n) is 6.98. The molecule has 0 aliphatic carbocycles. The van der Waals surface area contributed by atoms with Gasteiger partial charge in [0.2, 0.25) is 0 Å². The van der Waals surface area contributed by atoms with Gasteiger partial charge in [-0.3, -0.25) is 4.79 Å². The first-order valence-corrected chi connectivity index (χ1v) is 7.86. The second-order valence-corrected chi connectivity index (χ2v) is 5.84. The smallest absolute Gasteiger partial charge is 0.317 e. The van der Waals surface area contributed by atoms with Gasteiger partial charge in [0, 0.05) is 10.9 Å². The molecule has 22 heavy (non-hydrogen) atoms. The fourth-order valence-electron chi connectivity index (χ4n) is 2.10. The molecular formula is C18H15NO2S. The van der Waals surface area contributed by atoms with E-state index in [2.05, 4.69) is 24.0 Å². The van der Waals surface area contributed by atoms with Crippen molar-refractivity contribution in [3.05, 3.63) is 71.2 Å². The molecule has 0 unspecified atom stereocenters. The van der Waals surface area contributed by atoms with Crippen LogP contribution in [0.15, 0.2) is 60.0 Å². The van der Waals surface area contributed by atoms with Gasteiger partial charge in [-0.1, -0.05) is 42.0 Å². The molecule has 2 aromatic carbocycles. The van der Waals surface area contributed by atoms with E-state index in [0.717, 1.165) is 16.3 Å². The summed E-state index contributed by atoms with van der Waals surface area (Å²) in [4.78, 5) is 16.4. The summed E-state index contributed by atoms with van der Waals surface area (Å²) in [6.07, 6.45) is 0.178. The Morgan fingerprint density at radius 1 is 1.14 bits per heavy atom. The van der Waals surface area contributed by atoms with Gasteiger partial charge in [0.15, 0.2) is 0 Å². The van der Waals surface area contributed by atoms with Crippen LogP contribution in [0.5, 0.6) is 5.75 Å². The Kier molecular flexibility index (Phi) is 4.30. The number of hydrogen-bond donors (Lipinski definition) is 0. The van der Waals surface area contributed by atoms with Crippen molar-refractivity contribution in [3.63, 3.8) is 0 Å². The minimum atomic E-state index is -0.299. The maximum atomic E-state index is 11.9. The molecule has 0 aliphatic rings. The first kappa shape index (κ1) is 14.5. The van der Waals surface area contributed by atoms with Crippen molar-refractivity contribution in [2.24, 2.45) is 0 Å². The first-order chi connectivity index (χ1) is 10.7. The molecule has 1 aromatic heterocycles. The lowest BCUT2D eigenvalue weighted by Gasteiger charge is -2.02. The largest absolute Gasteiger partial charge is 0.426 e. The maximum Gasteiger partial charge on any atom is 0.317 e. The van der Waals surface area contributed by atoms with Gasteiger partial charge in [-0.15, -0.1) is 11.3 Å².